The Labute approximate surface area is 232 Å². The third-order valence-electron chi connectivity index (χ3n) is 6.21. The van der Waals surface area contributed by atoms with Crippen LogP contribution in [0.2, 0.25) is 0 Å². The van der Waals surface area contributed by atoms with Crippen molar-refractivity contribution in [2.75, 3.05) is 17.1 Å². The van der Waals surface area contributed by atoms with Crippen LogP contribution in [0.5, 0.6) is 0 Å². The number of aryl methyl sites for hydroxylation is 2. The summed E-state index contributed by atoms with van der Waals surface area (Å²) in [6.07, 6.45) is 1.37. The number of amides is 2. The maximum absolute atomic E-state index is 14.1. The number of nitrogens with one attached hydrogen (secondary N) is 1. The largest absolute Gasteiger partial charge is 0.350 e. The first kappa shape index (κ1) is 29.9. The molecule has 0 bridgehead atoms. The van der Waals surface area contributed by atoms with Crippen molar-refractivity contribution in [1.82, 2.24) is 10.2 Å². The second kappa shape index (κ2) is 12.5. The van der Waals surface area contributed by atoms with Gasteiger partial charge in [0.25, 0.3) is 0 Å². The SMILES string of the molecule is Cc1ccc(CN(C(=O)CN(c2cccc(C)c2)S(C)(=O)=O)[C@@H](Cc2ccccc2)C(=O)NC(C)(C)C)cc1. The monoisotopic (exact) mass is 549 g/mol. The Bertz CT molecular complexity index is 1380. The number of nitrogens with zero attached hydrogens (tertiary/aromatic N) is 2. The Balaban J connectivity index is 2.07. The zero-order valence-corrected chi connectivity index (χ0v) is 24.5. The van der Waals surface area contributed by atoms with E-state index in [1.165, 1.54) is 4.90 Å². The van der Waals surface area contributed by atoms with Gasteiger partial charge in [-0.05, 0) is 63.4 Å². The van der Waals surface area contributed by atoms with Crippen LogP contribution in [-0.4, -0.2) is 49.5 Å². The minimum atomic E-state index is -3.79. The lowest BCUT2D eigenvalue weighted by molar-refractivity contribution is -0.140. The van der Waals surface area contributed by atoms with Crippen molar-refractivity contribution in [3.63, 3.8) is 0 Å². The Morgan fingerprint density at radius 1 is 0.846 bits per heavy atom. The highest BCUT2D eigenvalue weighted by Crippen LogP contribution is 2.22. The number of rotatable bonds is 10. The van der Waals surface area contributed by atoms with Crippen LogP contribution in [0.25, 0.3) is 0 Å². The summed E-state index contributed by atoms with van der Waals surface area (Å²) in [5, 5.41) is 3.03. The van der Waals surface area contributed by atoms with Crippen molar-refractivity contribution in [2.45, 2.75) is 59.2 Å². The molecule has 0 aliphatic rings. The molecule has 1 N–H and O–H groups in total. The predicted molar refractivity (Wildman–Crippen MR) is 157 cm³/mol. The van der Waals surface area contributed by atoms with Crippen LogP contribution in [0.1, 0.15) is 43.0 Å². The van der Waals surface area contributed by atoms with E-state index >= 15 is 0 Å². The van der Waals surface area contributed by atoms with Crippen LogP contribution >= 0.6 is 0 Å². The average molecular weight is 550 g/mol. The minimum Gasteiger partial charge on any atom is -0.350 e. The quantitative estimate of drug-likeness (QED) is 0.400. The van der Waals surface area contributed by atoms with Gasteiger partial charge in [-0.3, -0.25) is 13.9 Å². The van der Waals surface area contributed by atoms with E-state index in [0.29, 0.717) is 5.69 Å². The summed E-state index contributed by atoms with van der Waals surface area (Å²) >= 11 is 0. The molecule has 1 atom stereocenters. The van der Waals surface area contributed by atoms with E-state index < -0.39 is 34.1 Å². The van der Waals surface area contributed by atoms with Crippen molar-refractivity contribution in [3.05, 3.63) is 101 Å². The molecule has 0 spiro atoms. The number of hydrogen-bond acceptors (Lipinski definition) is 4. The molecule has 0 aliphatic heterocycles. The van der Waals surface area contributed by atoms with Crippen LogP contribution in [0.15, 0.2) is 78.9 Å². The number of anilines is 1. The number of sulfonamides is 1. The molecule has 0 saturated carbocycles. The highest BCUT2D eigenvalue weighted by atomic mass is 32.2. The highest BCUT2D eigenvalue weighted by Gasteiger charge is 2.34. The van der Waals surface area contributed by atoms with E-state index in [0.717, 1.165) is 32.8 Å². The standard InChI is InChI=1S/C31H39N3O4S/c1-23-15-17-26(18-16-23)21-33(28(30(36)32-31(3,4)5)20-25-12-8-7-9-13-25)29(35)22-34(39(6,37)38)27-14-10-11-24(2)19-27/h7-19,28H,20-22H2,1-6H3,(H,32,36)/t28-/m0/s1. The zero-order chi connectivity index (χ0) is 28.8. The summed E-state index contributed by atoms with van der Waals surface area (Å²) in [6.45, 7) is 9.23. The normalized spacial score (nSPS) is 12.5. The molecular weight excluding hydrogens is 510 g/mol. The van der Waals surface area contributed by atoms with Crippen molar-refractivity contribution >= 4 is 27.5 Å². The molecule has 39 heavy (non-hydrogen) atoms. The summed E-state index contributed by atoms with van der Waals surface area (Å²) in [5.74, 6) is -0.763. The molecule has 0 fully saturated rings. The van der Waals surface area contributed by atoms with Crippen molar-refractivity contribution in [1.29, 1.82) is 0 Å². The summed E-state index contributed by atoms with van der Waals surface area (Å²) in [6, 6.07) is 23.4. The Morgan fingerprint density at radius 3 is 2.05 bits per heavy atom. The molecule has 0 aliphatic carbocycles. The van der Waals surface area contributed by atoms with Crippen LogP contribution < -0.4 is 9.62 Å². The van der Waals surface area contributed by atoms with E-state index in [1.807, 2.05) is 95.3 Å². The second-order valence-electron chi connectivity index (χ2n) is 11.1. The van der Waals surface area contributed by atoms with Gasteiger partial charge in [0.1, 0.15) is 12.6 Å². The molecule has 0 saturated heterocycles. The Hall–Kier alpha value is -3.65. The third-order valence-corrected chi connectivity index (χ3v) is 7.35. The van der Waals surface area contributed by atoms with Gasteiger partial charge in [-0.2, -0.15) is 0 Å². The predicted octanol–water partition coefficient (Wildman–Crippen LogP) is 4.62. The molecule has 0 heterocycles. The molecular formula is C31H39N3O4S. The van der Waals surface area contributed by atoms with Gasteiger partial charge in [0, 0.05) is 18.5 Å². The van der Waals surface area contributed by atoms with Crippen LogP contribution in [0.4, 0.5) is 5.69 Å². The van der Waals surface area contributed by atoms with E-state index in [9.17, 15) is 18.0 Å². The topological polar surface area (TPSA) is 86.8 Å². The molecule has 0 aromatic heterocycles. The van der Waals surface area contributed by atoms with Gasteiger partial charge in [0.15, 0.2) is 0 Å². The highest BCUT2D eigenvalue weighted by molar-refractivity contribution is 7.92. The van der Waals surface area contributed by atoms with Crippen molar-refractivity contribution in [3.8, 4) is 0 Å². The molecule has 7 nitrogen and oxygen atoms in total. The van der Waals surface area contributed by atoms with Gasteiger partial charge in [-0.1, -0.05) is 72.3 Å². The second-order valence-corrected chi connectivity index (χ2v) is 13.0. The fourth-order valence-corrected chi connectivity index (χ4v) is 5.14. The van der Waals surface area contributed by atoms with Gasteiger partial charge < -0.3 is 10.2 Å². The van der Waals surface area contributed by atoms with Crippen LogP contribution in [0, 0.1) is 13.8 Å². The van der Waals surface area contributed by atoms with Gasteiger partial charge in [0.05, 0.1) is 11.9 Å². The molecule has 2 amide bonds. The Kier molecular flexibility index (Phi) is 9.56. The fourth-order valence-electron chi connectivity index (χ4n) is 4.29. The van der Waals surface area contributed by atoms with Crippen LogP contribution in [-0.2, 0) is 32.6 Å². The molecule has 3 rings (SSSR count). The number of carbonyl (C=O) groups excluding carboxylic acids is 2. The summed E-state index contributed by atoms with van der Waals surface area (Å²) in [4.78, 5) is 29.3. The summed E-state index contributed by atoms with van der Waals surface area (Å²) in [7, 11) is -3.79. The van der Waals surface area contributed by atoms with Gasteiger partial charge >= 0.3 is 0 Å². The Morgan fingerprint density at radius 2 is 1.49 bits per heavy atom. The number of hydrogen-bond donors (Lipinski definition) is 1. The molecule has 3 aromatic rings. The molecule has 208 valence electrons. The van der Waals surface area contributed by atoms with Crippen molar-refractivity contribution < 1.29 is 18.0 Å². The summed E-state index contributed by atoms with van der Waals surface area (Å²) in [5.41, 5.74) is 3.57. The molecule has 3 aromatic carbocycles. The van der Waals surface area contributed by atoms with Crippen molar-refractivity contribution in [2.24, 2.45) is 0 Å². The average Bonchev–Trinajstić information content (AvgIpc) is 2.84. The first-order valence-corrected chi connectivity index (χ1v) is 14.8. The molecule has 8 heteroatoms. The van der Waals surface area contributed by atoms with E-state index in [2.05, 4.69) is 5.32 Å². The van der Waals surface area contributed by atoms with Gasteiger partial charge in [-0.25, -0.2) is 8.42 Å². The van der Waals surface area contributed by atoms with E-state index in [-0.39, 0.29) is 18.9 Å². The number of benzene rings is 3. The van der Waals surface area contributed by atoms with Gasteiger partial charge in [0.2, 0.25) is 21.8 Å². The fraction of sp³-hybridized carbons (Fsp3) is 0.355. The summed E-state index contributed by atoms with van der Waals surface area (Å²) < 4.78 is 26.8. The molecule has 0 unspecified atom stereocenters. The maximum Gasteiger partial charge on any atom is 0.244 e. The first-order chi connectivity index (χ1) is 18.2. The smallest absolute Gasteiger partial charge is 0.244 e. The minimum absolute atomic E-state index is 0.152. The van der Waals surface area contributed by atoms with E-state index in [1.54, 1.807) is 18.2 Å². The van der Waals surface area contributed by atoms with E-state index in [4.69, 9.17) is 0 Å². The lowest BCUT2D eigenvalue weighted by Gasteiger charge is -2.35. The third kappa shape index (κ3) is 8.96. The first-order valence-electron chi connectivity index (χ1n) is 13.0. The molecule has 0 radical (unpaired) electrons. The van der Waals surface area contributed by atoms with Gasteiger partial charge in [-0.15, -0.1) is 0 Å². The zero-order valence-electron chi connectivity index (χ0n) is 23.6. The lowest BCUT2D eigenvalue weighted by Crippen LogP contribution is -2.56. The van der Waals surface area contributed by atoms with Crippen LogP contribution in [0.3, 0.4) is 0 Å². The number of carbonyl (C=O) groups is 2. The lowest BCUT2D eigenvalue weighted by atomic mass is 10.0. The maximum atomic E-state index is 14.1.